The molecule has 0 amide bonds. The molecule has 6 heteroatoms. The number of para-hydroxylation sites is 1. The predicted molar refractivity (Wildman–Crippen MR) is 101 cm³/mol. The lowest BCUT2D eigenvalue weighted by Crippen LogP contribution is -2.40. The van der Waals surface area contributed by atoms with Crippen LogP contribution in [-0.4, -0.2) is 24.2 Å². The molecule has 0 radical (unpaired) electrons. The Morgan fingerprint density at radius 1 is 1.17 bits per heavy atom. The Balaban J connectivity index is 1.46. The van der Waals surface area contributed by atoms with Gasteiger partial charge in [0.2, 0.25) is 6.79 Å². The van der Waals surface area contributed by atoms with Gasteiger partial charge < -0.3 is 19.7 Å². The smallest absolute Gasteiger partial charge is 0.231 e. The maximum atomic E-state index is 5.66. The molecule has 0 saturated carbocycles. The lowest BCUT2D eigenvalue weighted by Gasteiger charge is -2.25. The van der Waals surface area contributed by atoms with Gasteiger partial charge in [-0.3, -0.25) is 0 Å². The van der Waals surface area contributed by atoms with Crippen molar-refractivity contribution in [2.45, 2.75) is 17.9 Å². The highest BCUT2D eigenvalue weighted by Gasteiger charge is 2.19. The Labute approximate surface area is 151 Å². The summed E-state index contributed by atoms with van der Waals surface area (Å²) in [4.78, 5) is 3.50. The van der Waals surface area contributed by atoms with E-state index in [1.807, 2.05) is 30.0 Å². The van der Waals surface area contributed by atoms with E-state index >= 15 is 0 Å². The van der Waals surface area contributed by atoms with Gasteiger partial charge in [0.25, 0.3) is 0 Å². The van der Waals surface area contributed by atoms with E-state index in [4.69, 9.17) is 21.7 Å². The molecular weight excluding hydrogens is 340 g/mol. The molecule has 0 saturated heterocycles. The summed E-state index contributed by atoms with van der Waals surface area (Å²) in [7, 11) is 0. The maximum Gasteiger partial charge on any atom is 0.231 e. The van der Waals surface area contributed by atoms with Gasteiger partial charge in [-0.25, -0.2) is 0 Å². The van der Waals surface area contributed by atoms with Crippen LogP contribution in [0.25, 0.3) is 0 Å². The average Bonchev–Trinajstić information content (AvgIpc) is 2.97. The van der Waals surface area contributed by atoms with E-state index in [9.17, 15) is 0 Å². The zero-order valence-electron chi connectivity index (χ0n) is 13.2. The van der Waals surface area contributed by atoms with Crippen LogP contribution in [0.4, 0.5) is 5.69 Å². The standard InChI is InChI=1S/C18H18N2O2S2/c23-18(19-11-13-6-7-15-16(10-13)22-12-21-15)20-8-3-9-24-17-5-2-1-4-14(17)20/h1-2,4-7,10H,3,8-9,11-12H2,(H,19,23). The first-order valence-electron chi connectivity index (χ1n) is 7.97. The van der Waals surface area contributed by atoms with Crippen LogP contribution in [0.5, 0.6) is 11.5 Å². The van der Waals surface area contributed by atoms with E-state index in [0.29, 0.717) is 13.3 Å². The van der Waals surface area contributed by atoms with Gasteiger partial charge in [-0.1, -0.05) is 18.2 Å². The van der Waals surface area contributed by atoms with Crippen molar-refractivity contribution in [2.24, 2.45) is 0 Å². The Morgan fingerprint density at radius 3 is 3.00 bits per heavy atom. The van der Waals surface area contributed by atoms with Crippen LogP contribution in [0.2, 0.25) is 0 Å². The lowest BCUT2D eigenvalue weighted by molar-refractivity contribution is 0.174. The number of thioether (sulfide) groups is 1. The SMILES string of the molecule is S=C(NCc1ccc2c(c1)OCO2)N1CCCSc2ccccc21. The molecule has 0 unspecified atom stereocenters. The summed E-state index contributed by atoms with van der Waals surface area (Å²) in [6.45, 7) is 1.91. The maximum absolute atomic E-state index is 5.66. The number of thiocarbonyl (C=S) groups is 1. The Kier molecular flexibility index (Phi) is 4.49. The fourth-order valence-corrected chi connectivity index (χ4v) is 4.12. The number of anilines is 1. The molecule has 0 spiro atoms. The summed E-state index contributed by atoms with van der Waals surface area (Å²) in [5.74, 6) is 2.73. The van der Waals surface area contributed by atoms with Crippen molar-refractivity contribution in [3.63, 3.8) is 0 Å². The summed E-state index contributed by atoms with van der Waals surface area (Å²) in [5.41, 5.74) is 2.32. The third-order valence-corrected chi connectivity index (χ3v) is 5.58. The summed E-state index contributed by atoms with van der Waals surface area (Å²) in [6, 6.07) is 14.4. The monoisotopic (exact) mass is 358 g/mol. The molecule has 0 bridgehead atoms. The van der Waals surface area contributed by atoms with Crippen LogP contribution in [0.15, 0.2) is 47.4 Å². The summed E-state index contributed by atoms with van der Waals surface area (Å²) < 4.78 is 10.8. The third-order valence-electron chi connectivity index (χ3n) is 4.07. The van der Waals surface area contributed by atoms with Crippen molar-refractivity contribution >= 4 is 34.8 Å². The summed E-state index contributed by atoms with van der Waals surface area (Å²) in [6.07, 6.45) is 1.12. The fourth-order valence-electron chi connectivity index (χ4n) is 2.86. The first kappa shape index (κ1) is 15.6. The second-order valence-electron chi connectivity index (χ2n) is 5.67. The first-order chi connectivity index (χ1) is 11.8. The van der Waals surface area contributed by atoms with Crippen molar-refractivity contribution in [2.75, 3.05) is 24.0 Å². The molecule has 24 heavy (non-hydrogen) atoms. The van der Waals surface area contributed by atoms with Crippen LogP contribution in [0.3, 0.4) is 0 Å². The van der Waals surface area contributed by atoms with Gasteiger partial charge in [-0.15, -0.1) is 11.8 Å². The minimum Gasteiger partial charge on any atom is -0.454 e. The number of benzene rings is 2. The Hall–Kier alpha value is -1.92. The van der Waals surface area contributed by atoms with Crippen LogP contribution < -0.4 is 19.7 Å². The van der Waals surface area contributed by atoms with Gasteiger partial charge in [0.1, 0.15) is 0 Å². The molecule has 2 aromatic rings. The van der Waals surface area contributed by atoms with Crippen LogP contribution in [-0.2, 0) is 6.54 Å². The molecule has 4 rings (SSSR count). The third kappa shape index (κ3) is 3.16. The zero-order chi connectivity index (χ0) is 16.4. The van der Waals surface area contributed by atoms with E-state index < -0.39 is 0 Å². The highest BCUT2D eigenvalue weighted by Crippen LogP contribution is 2.34. The van der Waals surface area contributed by atoms with Gasteiger partial charge >= 0.3 is 0 Å². The second-order valence-corrected chi connectivity index (χ2v) is 7.19. The molecule has 1 N–H and O–H groups in total. The van der Waals surface area contributed by atoms with Gasteiger partial charge in [-0.2, -0.15) is 0 Å². The molecule has 2 heterocycles. The molecule has 0 atom stereocenters. The molecular formula is C18H18N2O2S2. The zero-order valence-corrected chi connectivity index (χ0v) is 14.8. The van der Waals surface area contributed by atoms with E-state index in [-0.39, 0.29) is 0 Å². The minimum atomic E-state index is 0.298. The highest BCUT2D eigenvalue weighted by atomic mass is 32.2. The van der Waals surface area contributed by atoms with Gasteiger partial charge in [0.05, 0.1) is 5.69 Å². The Morgan fingerprint density at radius 2 is 2.04 bits per heavy atom. The quantitative estimate of drug-likeness (QED) is 0.823. The average molecular weight is 358 g/mol. The number of nitrogens with zero attached hydrogens (tertiary/aromatic N) is 1. The number of hydrogen-bond donors (Lipinski definition) is 1. The molecule has 4 nitrogen and oxygen atoms in total. The number of hydrogen-bond acceptors (Lipinski definition) is 4. The fraction of sp³-hybridized carbons (Fsp3) is 0.278. The van der Waals surface area contributed by atoms with E-state index in [0.717, 1.165) is 40.9 Å². The normalized spacial score (nSPS) is 15.6. The second kappa shape index (κ2) is 6.91. The summed E-state index contributed by atoms with van der Waals surface area (Å²) >= 11 is 7.56. The van der Waals surface area contributed by atoms with Crippen LogP contribution in [0.1, 0.15) is 12.0 Å². The van der Waals surface area contributed by atoms with Crippen molar-refractivity contribution in [3.8, 4) is 11.5 Å². The number of fused-ring (bicyclic) bond motifs is 2. The number of nitrogens with one attached hydrogen (secondary N) is 1. The molecule has 2 aromatic carbocycles. The van der Waals surface area contributed by atoms with E-state index in [2.05, 4.69) is 34.5 Å². The Bertz CT molecular complexity index is 766. The topological polar surface area (TPSA) is 33.7 Å². The van der Waals surface area contributed by atoms with Crippen molar-refractivity contribution < 1.29 is 9.47 Å². The molecule has 124 valence electrons. The van der Waals surface area contributed by atoms with Crippen molar-refractivity contribution in [1.82, 2.24) is 5.32 Å². The van der Waals surface area contributed by atoms with Crippen molar-refractivity contribution in [1.29, 1.82) is 0 Å². The molecule has 2 aliphatic rings. The summed E-state index contributed by atoms with van der Waals surface area (Å²) in [5, 5.41) is 4.15. The van der Waals surface area contributed by atoms with E-state index in [1.54, 1.807) is 0 Å². The highest BCUT2D eigenvalue weighted by molar-refractivity contribution is 7.99. The van der Waals surface area contributed by atoms with Crippen LogP contribution >= 0.6 is 24.0 Å². The number of rotatable bonds is 2. The molecule has 0 aromatic heterocycles. The lowest BCUT2D eigenvalue weighted by atomic mass is 10.2. The van der Waals surface area contributed by atoms with Gasteiger partial charge in [0, 0.05) is 18.0 Å². The van der Waals surface area contributed by atoms with Crippen LogP contribution in [0, 0.1) is 0 Å². The van der Waals surface area contributed by atoms with Gasteiger partial charge in [-0.05, 0) is 54.2 Å². The predicted octanol–water partition coefficient (Wildman–Crippen LogP) is 3.79. The van der Waals surface area contributed by atoms with E-state index in [1.165, 1.54) is 10.6 Å². The minimum absolute atomic E-state index is 0.298. The molecule has 0 aliphatic carbocycles. The number of ether oxygens (including phenoxy) is 2. The molecule has 0 fully saturated rings. The first-order valence-corrected chi connectivity index (χ1v) is 9.36. The van der Waals surface area contributed by atoms with Crippen molar-refractivity contribution in [3.05, 3.63) is 48.0 Å². The van der Waals surface area contributed by atoms with Gasteiger partial charge in [0.15, 0.2) is 16.6 Å². The molecule has 2 aliphatic heterocycles. The largest absolute Gasteiger partial charge is 0.454 e.